The molecule has 202 valence electrons. The molecule has 1 aromatic carbocycles. The van der Waals surface area contributed by atoms with Gasteiger partial charge in [-0.05, 0) is 36.4 Å². The molecule has 0 saturated heterocycles. The first kappa shape index (κ1) is 26.9. The van der Waals surface area contributed by atoms with Gasteiger partial charge >= 0.3 is 12.3 Å². The number of amides is 2. The van der Waals surface area contributed by atoms with Crippen molar-refractivity contribution in [1.82, 2.24) is 19.7 Å². The van der Waals surface area contributed by atoms with Gasteiger partial charge < -0.3 is 14.8 Å². The molecule has 0 saturated carbocycles. The maximum absolute atomic E-state index is 13.6. The third kappa shape index (κ3) is 6.23. The number of benzene rings is 1. The van der Waals surface area contributed by atoms with Crippen molar-refractivity contribution in [2.24, 2.45) is 0 Å². The van der Waals surface area contributed by atoms with Crippen LogP contribution in [-0.2, 0) is 0 Å². The van der Waals surface area contributed by atoms with Crippen molar-refractivity contribution in [2.45, 2.75) is 12.6 Å². The standard InChI is InChI=1S/C23H15F5N6O5/c24-19(25)18-15(8-34(32-18)14-3-1-12(9-35)2-4-14)30-20(36)16-10-39-21(31-16)13-5-6-29-17(7-13)33(22(37)38)11-23(26,27)28/h1-10,19H,11H2,(H,30,36)(H,37,38). The van der Waals surface area contributed by atoms with Crippen LogP contribution >= 0.6 is 0 Å². The molecular formula is C23H15F5N6O5. The number of oxazole rings is 1. The minimum Gasteiger partial charge on any atom is -0.465 e. The van der Waals surface area contributed by atoms with Crippen molar-refractivity contribution in [3.8, 4) is 17.1 Å². The fourth-order valence-corrected chi connectivity index (χ4v) is 3.30. The summed E-state index contributed by atoms with van der Waals surface area (Å²) in [6.45, 7) is -1.82. The van der Waals surface area contributed by atoms with E-state index >= 15 is 0 Å². The number of carbonyl (C=O) groups excluding carboxylic acids is 2. The molecule has 4 rings (SSSR count). The predicted molar refractivity (Wildman–Crippen MR) is 123 cm³/mol. The summed E-state index contributed by atoms with van der Waals surface area (Å²) >= 11 is 0. The van der Waals surface area contributed by atoms with Crippen LogP contribution in [0.1, 0.15) is 33.0 Å². The summed E-state index contributed by atoms with van der Waals surface area (Å²) in [5.74, 6) is -1.82. The summed E-state index contributed by atoms with van der Waals surface area (Å²) in [7, 11) is 0. The Bertz CT molecular complexity index is 1520. The van der Waals surface area contributed by atoms with E-state index in [0.717, 1.165) is 29.4 Å². The van der Waals surface area contributed by atoms with Crippen molar-refractivity contribution < 1.29 is 45.9 Å². The third-order valence-electron chi connectivity index (χ3n) is 5.07. The number of nitrogens with one attached hydrogen (secondary N) is 1. The van der Waals surface area contributed by atoms with Gasteiger partial charge in [-0.25, -0.2) is 28.2 Å². The van der Waals surface area contributed by atoms with Gasteiger partial charge in [-0.1, -0.05) is 0 Å². The lowest BCUT2D eigenvalue weighted by Gasteiger charge is -2.19. The number of aldehydes is 1. The van der Waals surface area contributed by atoms with E-state index in [0.29, 0.717) is 17.5 Å². The van der Waals surface area contributed by atoms with Gasteiger partial charge in [0.05, 0.1) is 17.6 Å². The minimum atomic E-state index is -4.84. The van der Waals surface area contributed by atoms with Crippen molar-refractivity contribution in [3.05, 3.63) is 72.0 Å². The summed E-state index contributed by atoms with van der Waals surface area (Å²) in [5.41, 5.74) is -0.781. The molecule has 2 N–H and O–H groups in total. The van der Waals surface area contributed by atoms with E-state index in [-0.39, 0.29) is 27.7 Å². The number of carboxylic acid groups (broad SMARTS) is 1. The molecule has 39 heavy (non-hydrogen) atoms. The SMILES string of the molecule is O=Cc1ccc(-n2cc(NC(=O)c3coc(-c4ccnc(N(CC(F)(F)F)C(=O)O)c4)n3)c(C(F)F)n2)cc1. The Hall–Kier alpha value is -5.15. The van der Waals surface area contributed by atoms with Crippen molar-refractivity contribution in [1.29, 1.82) is 0 Å². The molecule has 0 fully saturated rings. The molecule has 0 aliphatic carbocycles. The molecule has 0 aliphatic heterocycles. The van der Waals surface area contributed by atoms with Gasteiger partial charge in [-0.15, -0.1) is 0 Å². The van der Waals surface area contributed by atoms with Crippen LogP contribution < -0.4 is 10.2 Å². The highest BCUT2D eigenvalue weighted by Crippen LogP contribution is 2.29. The lowest BCUT2D eigenvalue weighted by Crippen LogP contribution is -2.38. The Kier molecular flexibility index (Phi) is 7.37. The van der Waals surface area contributed by atoms with Gasteiger partial charge in [0.2, 0.25) is 5.89 Å². The molecule has 0 bridgehead atoms. The second-order valence-corrected chi connectivity index (χ2v) is 7.76. The van der Waals surface area contributed by atoms with E-state index in [1.165, 1.54) is 30.3 Å². The van der Waals surface area contributed by atoms with E-state index in [4.69, 9.17) is 9.52 Å². The van der Waals surface area contributed by atoms with Crippen LogP contribution in [0, 0.1) is 0 Å². The lowest BCUT2D eigenvalue weighted by molar-refractivity contribution is -0.119. The molecule has 0 unspecified atom stereocenters. The first-order valence-electron chi connectivity index (χ1n) is 10.7. The van der Waals surface area contributed by atoms with Crippen LogP contribution in [0.25, 0.3) is 17.1 Å². The van der Waals surface area contributed by atoms with E-state index in [9.17, 15) is 36.3 Å². The maximum Gasteiger partial charge on any atom is 0.413 e. The molecule has 4 aromatic rings. The van der Waals surface area contributed by atoms with Gasteiger partial charge in [-0.3, -0.25) is 14.5 Å². The summed E-state index contributed by atoms with van der Waals surface area (Å²) in [5, 5.41) is 15.2. The Morgan fingerprint density at radius 2 is 1.90 bits per heavy atom. The van der Waals surface area contributed by atoms with Crippen molar-refractivity contribution >= 4 is 29.8 Å². The van der Waals surface area contributed by atoms with Crippen LogP contribution in [-0.4, -0.2) is 55.9 Å². The number of hydrogen-bond donors (Lipinski definition) is 2. The van der Waals surface area contributed by atoms with Crippen molar-refractivity contribution in [3.63, 3.8) is 0 Å². The number of hydrogen-bond acceptors (Lipinski definition) is 7. The van der Waals surface area contributed by atoms with Crippen LogP contribution in [0.15, 0.2) is 59.5 Å². The van der Waals surface area contributed by atoms with E-state index in [1.54, 1.807) is 0 Å². The molecule has 0 atom stereocenters. The number of rotatable bonds is 8. The Balaban J connectivity index is 1.56. The molecule has 0 aliphatic rings. The fourth-order valence-electron chi connectivity index (χ4n) is 3.30. The van der Waals surface area contributed by atoms with E-state index in [1.807, 2.05) is 0 Å². The lowest BCUT2D eigenvalue weighted by atomic mass is 10.2. The molecule has 11 nitrogen and oxygen atoms in total. The molecule has 3 heterocycles. The monoisotopic (exact) mass is 550 g/mol. The highest BCUT2D eigenvalue weighted by Gasteiger charge is 2.34. The smallest absolute Gasteiger partial charge is 0.413 e. The molecule has 16 heteroatoms. The van der Waals surface area contributed by atoms with E-state index < -0.39 is 42.7 Å². The van der Waals surface area contributed by atoms with Crippen LogP contribution in [0.5, 0.6) is 0 Å². The maximum atomic E-state index is 13.6. The van der Waals surface area contributed by atoms with E-state index in [2.05, 4.69) is 20.4 Å². The summed E-state index contributed by atoms with van der Waals surface area (Å²) in [6, 6.07) is 8.03. The molecule has 2 amide bonds. The Morgan fingerprint density at radius 1 is 1.18 bits per heavy atom. The highest BCUT2D eigenvalue weighted by atomic mass is 19.4. The van der Waals surface area contributed by atoms with Crippen LogP contribution in [0.3, 0.4) is 0 Å². The minimum absolute atomic E-state index is 0.00710. The molecule has 0 radical (unpaired) electrons. The Morgan fingerprint density at radius 3 is 2.51 bits per heavy atom. The number of carbonyl (C=O) groups is 3. The predicted octanol–water partition coefficient (Wildman–Crippen LogP) is 4.97. The van der Waals surface area contributed by atoms with Gasteiger partial charge in [0.25, 0.3) is 12.3 Å². The van der Waals surface area contributed by atoms with Gasteiger partial charge in [-0.2, -0.15) is 18.3 Å². The fraction of sp³-hybridized carbons (Fsp3) is 0.130. The number of aromatic nitrogens is 4. The third-order valence-corrected chi connectivity index (χ3v) is 5.07. The average molecular weight is 550 g/mol. The first-order chi connectivity index (χ1) is 18.4. The van der Waals surface area contributed by atoms with Gasteiger partial charge in [0.1, 0.15) is 24.9 Å². The molecule has 3 aromatic heterocycles. The normalized spacial score (nSPS) is 11.4. The number of pyridine rings is 1. The molecule has 0 spiro atoms. The number of nitrogens with zero attached hydrogens (tertiary/aromatic N) is 5. The summed E-state index contributed by atoms with van der Waals surface area (Å²) in [4.78, 5) is 42.3. The molecular weight excluding hydrogens is 535 g/mol. The zero-order chi connectivity index (χ0) is 28.3. The topological polar surface area (TPSA) is 143 Å². The van der Waals surface area contributed by atoms with Crippen LogP contribution in [0.4, 0.5) is 38.3 Å². The zero-order valence-electron chi connectivity index (χ0n) is 19.3. The average Bonchev–Trinajstić information content (AvgIpc) is 3.55. The zero-order valence-corrected chi connectivity index (χ0v) is 19.3. The highest BCUT2D eigenvalue weighted by molar-refractivity contribution is 6.03. The summed E-state index contributed by atoms with van der Waals surface area (Å²) < 4.78 is 71.8. The second kappa shape index (κ2) is 10.7. The first-order valence-corrected chi connectivity index (χ1v) is 10.7. The second-order valence-electron chi connectivity index (χ2n) is 7.76. The number of anilines is 2. The van der Waals surface area contributed by atoms with Crippen molar-refractivity contribution in [2.75, 3.05) is 16.8 Å². The van der Waals surface area contributed by atoms with Crippen LogP contribution in [0.2, 0.25) is 0 Å². The number of alkyl halides is 5. The largest absolute Gasteiger partial charge is 0.465 e. The Labute approximate surface area is 214 Å². The van der Waals surface area contributed by atoms with Gasteiger partial charge in [0.15, 0.2) is 11.4 Å². The number of halogens is 5. The quantitative estimate of drug-likeness (QED) is 0.231. The summed E-state index contributed by atoms with van der Waals surface area (Å²) in [6.07, 6.45) is -6.17. The van der Waals surface area contributed by atoms with Gasteiger partial charge in [0, 0.05) is 17.3 Å².